The van der Waals surface area contributed by atoms with Crippen molar-refractivity contribution >= 4 is 17.9 Å². The molecule has 1 aliphatic carbocycles. The van der Waals surface area contributed by atoms with Crippen molar-refractivity contribution in [1.29, 1.82) is 0 Å². The molecule has 3 rings (SSSR count). The fraction of sp³-hybridized carbons (Fsp3) is 0.531. The van der Waals surface area contributed by atoms with Crippen LogP contribution >= 0.6 is 0 Å². The molecule has 0 aromatic heterocycles. The van der Waals surface area contributed by atoms with Crippen LogP contribution in [0.4, 0.5) is 4.79 Å². The number of aryl methyl sites for hydroxylation is 2. The molecule has 212 valence electrons. The third-order valence-electron chi connectivity index (χ3n) is 6.82. The fourth-order valence-electron chi connectivity index (χ4n) is 4.93. The molecule has 2 N–H and O–H groups in total. The number of alkyl carbamates (subject to hydrolysis) is 1. The van der Waals surface area contributed by atoms with E-state index in [1.165, 1.54) is 0 Å². The summed E-state index contributed by atoms with van der Waals surface area (Å²) in [7, 11) is 0. The van der Waals surface area contributed by atoms with Crippen LogP contribution in [0.25, 0.3) is 0 Å². The van der Waals surface area contributed by atoms with Gasteiger partial charge >= 0.3 is 6.09 Å². The molecule has 3 amide bonds. The first-order valence-corrected chi connectivity index (χ1v) is 14.1. The van der Waals surface area contributed by atoms with Crippen LogP contribution in [0.5, 0.6) is 0 Å². The SMILES string of the molecule is CCCC(C)NC(=O)C(c1ccc(C)cc1C)N(C(=O)C(Cc1ccccc1)NC(=O)OC(C)(C)C)C1CC1. The summed E-state index contributed by atoms with van der Waals surface area (Å²) in [6.45, 7) is 13.4. The molecular weight excluding hydrogens is 490 g/mol. The first-order valence-electron chi connectivity index (χ1n) is 14.1. The van der Waals surface area contributed by atoms with Gasteiger partial charge in [-0.05, 0) is 77.5 Å². The maximum Gasteiger partial charge on any atom is 0.408 e. The zero-order valence-corrected chi connectivity index (χ0v) is 24.5. The van der Waals surface area contributed by atoms with Crippen LogP contribution in [0, 0.1) is 13.8 Å². The van der Waals surface area contributed by atoms with Gasteiger partial charge in [0, 0.05) is 18.5 Å². The van der Waals surface area contributed by atoms with Crippen molar-refractivity contribution in [3.63, 3.8) is 0 Å². The van der Waals surface area contributed by atoms with Crippen molar-refractivity contribution in [2.75, 3.05) is 0 Å². The van der Waals surface area contributed by atoms with E-state index in [9.17, 15) is 14.4 Å². The molecule has 0 spiro atoms. The number of benzene rings is 2. The van der Waals surface area contributed by atoms with Crippen LogP contribution in [-0.2, 0) is 20.7 Å². The Morgan fingerprint density at radius 3 is 2.26 bits per heavy atom. The van der Waals surface area contributed by atoms with E-state index < -0.39 is 23.8 Å². The predicted octanol–water partition coefficient (Wildman–Crippen LogP) is 5.78. The van der Waals surface area contributed by atoms with Crippen molar-refractivity contribution in [2.24, 2.45) is 0 Å². The number of nitrogens with one attached hydrogen (secondary N) is 2. The van der Waals surface area contributed by atoms with Crippen molar-refractivity contribution in [3.8, 4) is 0 Å². The number of rotatable bonds is 11. The Bertz CT molecular complexity index is 1140. The average Bonchev–Trinajstić information content (AvgIpc) is 3.67. The summed E-state index contributed by atoms with van der Waals surface area (Å²) >= 11 is 0. The highest BCUT2D eigenvalue weighted by molar-refractivity contribution is 5.93. The summed E-state index contributed by atoms with van der Waals surface area (Å²) in [5.74, 6) is -0.477. The smallest absolute Gasteiger partial charge is 0.408 e. The van der Waals surface area contributed by atoms with Gasteiger partial charge in [0.15, 0.2) is 0 Å². The molecule has 0 saturated heterocycles. The second-order valence-corrected chi connectivity index (χ2v) is 11.8. The second-order valence-electron chi connectivity index (χ2n) is 11.8. The van der Waals surface area contributed by atoms with E-state index in [0.29, 0.717) is 0 Å². The van der Waals surface area contributed by atoms with Crippen LogP contribution in [0.3, 0.4) is 0 Å². The molecule has 39 heavy (non-hydrogen) atoms. The summed E-state index contributed by atoms with van der Waals surface area (Å²) in [4.78, 5) is 42.9. The molecule has 7 nitrogen and oxygen atoms in total. The van der Waals surface area contributed by atoms with Crippen LogP contribution in [0.1, 0.15) is 88.6 Å². The van der Waals surface area contributed by atoms with E-state index >= 15 is 0 Å². The van der Waals surface area contributed by atoms with Gasteiger partial charge in [-0.3, -0.25) is 9.59 Å². The lowest BCUT2D eigenvalue weighted by Crippen LogP contribution is -2.55. The van der Waals surface area contributed by atoms with Gasteiger partial charge in [0.1, 0.15) is 17.7 Å². The summed E-state index contributed by atoms with van der Waals surface area (Å²) < 4.78 is 5.52. The van der Waals surface area contributed by atoms with E-state index in [1.807, 2.05) is 69.3 Å². The van der Waals surface area contributed by atoms with Gasteiger partial charge in [-0.15, -0.1) is 0 Å². The van der Waals surface area contributed by atoms with Gasteiger partial charge in [0.25, 0.3) is 0 Å². The van der Waals surface area contributed by atoms with Crippen LogP contribution in [0.15, 0.2) is 48.5 Å². The Morgan fingerprint density at radius 1 is 1.03 bits per heavy atom. The van der Waals surface area contributed by atoms with E-state index in [-0.39, 0.29) is 30.3 Å². The van der Waals surface area contributed by atoms with E-state index in [4.69, 9.17) is 4.74 Å². The molecule has 2 aromatic carbocycles. The molecule has 0 bridgehead atoms. The topological polar surface area (TPSA) is 87.7 Å². The van der Waals surface area contributed by atoms with Gasteiger partial charge in [0.2, 0.25) is 11.8 Å². The number of carbonyl (C=O) groups excluding carboxylic acids is 3. The van der Waals surface area contributed by atoms with Crippen LogP contribution in [-0.4, -0.2) is 46.5 Å². The molecule has 7 heteroatoms. The Kier molecular flexibility index (Phi) is 10.2. The van der Waals surface area contributed by atoms with Gasteiger partial charge in [-0.1, -0.05) is 67.4 Å². The maximum atomic E-state index is 14.4. The lowest BCUT2D eigenvalue weighted by atomic mass is 9.95. The predicted molar refractivity (Wildman–Crippen MR) is 154 cm³/mol. The molecular formula is C32H45N3O4. The third-order valence-corrected chi connectivity index (χ3v) is 6.82. The summed E-state index contributed by atoms with van der Waals surface area (Å²) in [6.07, 6.45) is 3.05. The Hall–Kier alpha value is -3.35. The standard InChI is InChI=1S/C32H45N3O4/c1-8-12-23(4)33-29(36)28(26-18-15-21(2)19-22(26)3)35(25-16-17-25)30(37)27(20-24-13-10-9-11-14-24)34-31(38)39-32(5,6)7/h9-11,13-15,18-19,23,25,27-28H,8,12,16-17,20H2,1-7H3,(H,33,36)(H,34,38). The lowest BCUT2D eigenvalue weighted by molar-refractivity contribution is -0.143. The largest absolute Gasteiger partial charge is 0.444 e. The number of amides is 3. The van der Waals surface area contributed by atoms with Crippen LogP contribution < -0.4 is 10.6 Å². The highest BCUT2D eigenvalue weighted by Crippen LogP contribution is 2.37. The van der Waals surface area contributed by atoms with E-state index in [1.54, 1.807) is 25.7 Å². The number of nitrogens with zero attached hydrogens (tertiary/aromatic N) is 1. The molecule has 3 atom stereocenters. The monoisotopic (exact) mass is 535 g/mol. The first kappa shape index (κ1) is 30.2. The Morgan fingerprint density at radius 2 is 1.69 bits per heavy atom. The molecule has 3 unspecified atom stereocenters. The molecule has 1 fully saturated rings. The highest BCUT2D eigenvalue weighted by atomic mass is 16.6. The molecule has 0 heterocycles. The van der Waals surface area contributed by atoms with E-state index in [0.717, 1.165) is 47.9 Å². The fourth-order valence-corrected chi connectivity index (χ4v) is 4.93. The molecule has 0 aliphatic heterocycles. The second kappa shape index (κ2) is 13.1. The van der Waals surface area contributed by atoms with E-state index in [2.05, 4.69) is 17.6 Å². The van der Waals surface area contributed by atoms with Crippen LogP contribution in [0.2, 0.25) is 0 Å². The van der Waals surface area contributed by atoms with Crippen molar-refractivity contribution in [1.82, 2.24) is 15.5 Å². The van der Waals surface area contributed by atoms with Crippen molar-refractivity contribution in [2.45, 2.75) is 110 Å². The number of carbonyl (C=O) groups is 3. The molecule has 1 saturated carbocycles. The number of hydrogen-bond donors (Lipinski definition) is 2. The number of ether oxygens (including phenoxy) is 1. The van der Waals surface area contributed by atoms with Gasteiger partial charge < -0.3 is 20.3 Å². The zero-order valence-electron chi connectivity index (χ0n) is 24.5. The third kappa shape index (κ3) is 8.84. The Balaban J connectivity index is 2.02. The summed E-state index contributed by atoms with van der Waals surface area (Å²) in [6, 6.07) is 13.8. The molecule has 1 aliphatic rings. The van der Waals surface area contributed by atoms with Gasteiger partial charge in [0.05, 0.1) is 0 Å². The van der Waals surface area contributed by atoms with Gasteiger partial charge in [-0.25, -0.2) is 4.79 Å². The van der Waals surface area contributed by atoms with Crippen molar-refractivity contribution in [3.05, 3.63) is 70.8 Å². The summed E-state index contributed by atoms with van der Waals surface area (Å²) in [5.41, 5.74) is 3.05. The minimum absolute atomic E-state index is 0.0214. The lowest BCUT2D eigenvalue weighted by Gasteiger charge is -2.36. The minimum Gasteiger partial charge on any atom is -0.444 e. The zero-order chi connectivity index (χ0) is 28.7. The average molecular weight is 536 g/mol. The van der Waals surface area contributed by atoms with Crippen molar-refractivity contribution < 1.29 is 19.1 Å². The van der Waals surface area contributed by atoms with Gasteiger partial charge in [-0.2, -0.15) is 0 Å². The summed E-state index contributed by atoms with van der Waals surface area (Å²) in [5, 5.41) is 5.99. The quantitative estimate of drug-likeness (QED) is 0.382. The molecule has 2 aromatic rings. The molecule has 0 radical (unpaired) electrons. The normalized spacial score (nSPS) is 15.6. The minimum atomic E-state index is -0.892. The maximum absolute atomic E-state index is 14.4. The first-order chi connectivity index (χ1) is 18.4. The Labute approximate surface area is 233 Å². The number of hydrogen-bond acceptors (Lipinski definition) is 4. The highest BCUT2D eigenvalue weighted by Gasteiger charge is 2.44.